The van der Waals surface area contributed by atoms with E-state index in [1.807, 2.05) is 30.3 Å². The first-order chi connectivity index (χ1) is 18.9. The van der Waals surface area contributed by atoms with Crippen molar-refractivity contribution in [3.8, 4) is 22.8 Å². The van der Waals surface area contributed by atoms with Gasteiger partial charge < -0.3 is 25.7 Å². The first-order valence-electron chi connectivity index (χ1n) is 14.2. The van der Waals surface area contributed by atoms with Crippen molar-refractivity contribution >= 4 is 22.9 Å². The number of anilines is 1. The highest BCUT2D eigenvalue weighted by Crippen LogP contribution is 2.34. The number of oxime groups is 1. The van der Waals surface area contributed by atoms with Crippen molar-refractivity contribution in [2.24, 2.45) is 10.9 Å². The molecule has 0 aliphatic heterocycles. The lowest BCUT2D eigenvalue weighted by Gasteiger charge is -2.24. The van der Waals surface area contributed by atoms with Gasteiger partial charge >= 0.3 is 0 Å². The third-order valence-corrected chi connectivity index (χ3v) is 8.34. The molecule has 4 rings (SSSR count). The molecule has 0 atom stereocenters. The van der Waals surface area contributed by atoms with E-state index < -0.39 is 0 Å². The smallest absolute Gasteiger partial charge is 0.173 e. The highest BCUT2D eigenvalue weighted by molar-refractivity contribution is 7.12. The number of aryl methyl sites for hydroxylation is 1. The van der Waals surface area contributed by atoms with Gasteiger partial charge in [-0.25, -0.2) is 4.98 Å². The molecule has 1 heterocycles. The first kappa shape index (κ1) is 28.7. The summed E-state index contributed by atoms with van der Waals surface area (Å²) in [7, 11) is 0. The van der Waals surface area contributed by atoms with E-state index in [1.54, 1.807) is 11.3 Å². The van der Waals surface area contributed by atoms with Gasteiger partial charge in [-0.3, -0.25) is 0 Å². The third kappa shape index (κ3) is 8.12. The molecule has 8 heteroatoms. The minimum Gasteiger partial charge on any atom is -0.494 e. The van der Waals surface area contributed by atoms with Gasteiger partial charge in [-0.1, -0.05) is 38.3 Å². The predicted octanol–water partition coefficient (Wildman–Crippen LogP) is 7.71. The number of nitrogens with zero attached hydrogens (tertiary/aromatic N) is 2. The van der Waals surface area contributed by atoms with Crippen molar-refractivity contribution in [2.75, 3.05) is 18.5 Å². The number of rotatable bonds is 13. The monoisotopic (exact) mass is 550 g/mol. The topological polar surface area (TPSA) is 102 Å². The van der Waals surface area contributed by atoms with Crippen LogP contribution in [0.15, 0.2) is 47.6 Å². The Hall–Kier alpha value is -3.26. The predicted molar refractivity (Wildman–Crippen MR) is 161 cm³/mol. The molecule has 0 amide bonds. The lowest BCUT2D eigenvalue weighted by Crippen LogP contribution is -2.23. The number of amidine groups is 1. The molecule has 1 aromatic heterocycles. The summed E-state index contributed by atoms with van der Waals surface area (Å²) in [6.45, 7) is 7.70. The Morgan fingerprint density at radius 2 is 1.77 bits per heavy atom. The Morgan fingerprint density at radius 1 is 1.05 bits per heavy atom. The average Bonchev–Trinajstić information content (AvgIpc) is 3.35. The van der Waals surface area contributed by atoms with Gasteiger partial charge in [-0.05, 0) is 87.4 Å². The molecule has 0 saturated heterocycles. The fourth-order valence-corrected chi connectivity index (χ4v) is 5.94. The number of hydrogen-bond acceptors (Lipinski definition) is 7. The van der Waals surface area contributed by atoms with Crippen LogP contribution in [-0.2, 0) is 0 Å². The summed E-state index contributed by atoms with van der Waals surface area (Å²) in [6, 6.07) is 14.6. The molecule has 2 aromatic carbocycles. The van der Waals surface area contributed by atoms with Crippen LogP contribution in [0.3, 0.4) is 0 Å². The number of hydrogen-bond donors (Lipinski definition) is 3. The summed E-state index contributed by atoms with van der Waals surface area (Å²) in [5.74, 6) is 2.02. The van der Waals surface area contributed by atoms with Crippen LogP contribution >= 0.6 is 11.3 Å². The molecule has 0 radical (unpaired) electrons. The second-order valence-corrected chi connectivity index (χ2v) is 11.8. The second kappa shape index (κ2) is 14.2. The molecule has 1 fully saturated rings. The number of unbranched alkanes of at least 4 members (excludes halogenated alkanes) is 2. The molecule has 0 spiro atoms. The maximum Gasteiger partial charge on any atom is 0.173 e. The molecule has 1 aliphatic carbocycles. The summed E-state index contributed by atoms with van der Waals surface area (Å²) in [6.07, 6.45) is 8.99. The van der Waals surface area contributed by atoms with Crippen molar-refractivity contribution in [2.45, 2.75) is 84.1 Å². The van der Waals surface area contributed by atoms with Crippen molar-refractivity contribution in [1.82, 2.24) is 4.98 Å². The molecule has 210 valence electrons. The van der Waals surface area contributed by atoms with Gasteiger partial charge in [0.15, 0.2) is 5.84 Å². The minimum atomic E-state index is 0.0575. The SMILES string of the molecule is Cc1nc(-c2ccc(OCCCCCOc3ccc(NC4CCCCC4)cc3C(N)=NO)cc2)c(C(C)C)s1. The van der Waals surface area contributed by atoms with Crippen molar-refractivity contribution < 1.29 is 14.7 Å². The molecule has 1 saturated carbocycles. The molecular weight excluding hydrogens is 508 g/mol. The van der Waals surface area contributed by atoms with Crippen LogP contribution in [0.2, 0.25) is 0 Å². The zero-order chi connectivity index (χ0) is 27.6. The van der Waals surface area contributed by atoms with E-state index in [4.69, 9.17) is 20.2 Å². The van der Waals surface area contributed by atoms with Gasteiger partial charge in [0.05, 0.1) is 29.5 Å². The summed E-state index contributed by atoms with van der Waals surface area (Å²) in [4.78, 5) is 6.07. The van der Waals surface area contributed by atoms with Gasteiger partial charge in [0.1, 0.15) is 11.5 Å². The lowest BCUT2D eigenvalue weighted by atomic mass is 9.95. The number of benzene rings is 2. The Labute approximate surface area is 236 Å². The van der Waals surface area contributed by atoms with E-state index in [2.05, 4.69) is 43.4 Å². The molecule has 3 aromatic rings. The Kier molecular flexibility index (Phi) is 10.5. The molecule has 0 unspecified atom stereocenters. The van der Waals surface area contributed by atoms with E-state index in [0.29, 0.717) is 36.5 Å². The fraction of sp³-hybridized carbons (Fsp3) is 0.484. The van der Waals surface area contributed by atoms with E-state index in [-0.39, 0.29) is 5.84 Å². The molecule has 4 N–H and O–H groups in total. The van der Waals surface area contributed by atoms with Gasteiger partial charge in [0.2, 0.25) is 0 Å². The van der Waals surface area contributed by atoms with Gasteiger partial charge in [0.25, 0.3) is 0 Å². The number of thiazole rings is 1. The number of aromatic nitrogens is 1. The van der Waals surface area contributed by atoms with Crippen LogP contribution in [0.5, 0.6) is 11.5 Å². The Bertz CT molecular complexity index is 1220. The maximum absolute atomic E-state index is 9.27. The molecular formula is C31H42N4O3S. The molecule has 0 bridgehead atoms. The standard InChI is InChI=1S/C31H42N4O3S/c1-21(2)30-29(33-22(3)39-30)23-12-15-26(16-13-23)37-18-8-5-9-19-38-28-17-14-25(20-27(28)31(32)35-36)34-24-10-6-4-7-11-24/h12-17,20-21,24,34,36H,4-11,18-19H2,1-3H3,(H2,32,35). The largest absolute Gasteiger partial charge is 0.494 e. The van der Waals surface area contributed by atoms with Crippen LogP contribution in [0, 0.1) is 6.92 Å². The zero-order valence-corrected chi connectivity index (χ0v) is 24.2. The van der Waals surface area contributed by atoms with Gasteiger partial charge in [-0.2, -0.15) is 0 Å². The fourth-order valence-electron chi connectivity index (χ4n) is 4.99. The van der Waals surface area contributed by atoms with Crippen molar-refractivity contribution in [1.29, 1.82) is 0 Å². The normalized spacial score (nSPS) is 14.5. The van der Waals surface area contributed by atoms with Crippen LogP contribution in [-0.4, -0.2) is 35.3 Å². The average molecular weight is 551 g/mol. The Balaban J connectivity index is 1.20. The van der Waals surface area contributed by atoms with E-state index in [1.165, 1.54) is 37.0 Å². The highest BCUT2D eigenvalue weighted by Gasteiger charge is 2.16. The zero-order valence-electron chi connectivity index (χ0n) is 23.4. The summed E-state index contributed by atoms with van der Waals surface area (Å²) in [5, 5.41) is 17.2. The van der Waals surface area contributed by atoms with E-state index >= 15 is 0 Å². The first-order valence-corrected chi connectivity index (χ1v) is 15.0. The van der Waals surface area contributed by atoms with Crippen LogP contribution in [0.4, 0.5) is 5.69 Å². The van der Waals surface area contributed by atoms with Crippen molar-refractivity contribution in [3.63, 3.8) is 0 Å². The quantitative estimate of drug-likeness (QED) is 0.0662. The van der Waals surface area contributed by atoms with Crippen LogP contribution in [0.1, 0.15) is 86.6 Å². The number of nitrogens with one attached hydrogen (secondary N) is 1. The van der Waals surface area contributed by atoms with Crippen molar-refractivity contribution in [3.05, 3.63) is 57.9 Å². The number of ether oxygens (including phenoxy) is 2. The molecule has 7 nitrogen and oxygen atoms in total. The van der Waals surface area contributed by atoms with Crippen LogP contribution in [0.25, 0.3) is 11.3 Å². The van der Waals surface area contributed by atoms with Crippen LogP contribution < -0.4 is 20.5 Å². The lowest BCUT2D eigenvalue weighted by molar-refractivity contribution is 0.279. The molecule has 1 aliphatic rings. The number of nitrogens with two attached hydrogens (primary N) is 1. The highest BCUT2D eigenvalue weighted by atomic mass is 32.1. The minimum absolute atomic E-state index is 0.0575. The van der Waals surface area contributed by atoms with Gasteiger partial charge in [0, 0.05) is 22.2 Å². The summed E-state index contributed by atoms with van der Waals surface area (Å²) < 4.78 is 12.0. The van der Waals surface area contributed by atoms with E-state index in [0.717, 1.165) is 47.0 Å². The van der Waals surface area contributed by atoms with Gasteiger partial charge in [-0.15, -0.1) is 11.3 Å². The maximum atomic E-state index is 9.27. The summed E-state index contributed by atoms with van der Waals surface area (Å²) >= 11 is 1.77. The van der Waals surface area contributed by atoms with E-state index in [9.17, 15) is 5.21 Å². The molecule has 39 heavy (non-hydrogen) atoms. The second-order valence-electron chi connectivity index (χ2n) is 10.6. The third-order valence-electron chi connectivity index (χ3n) is 7.07. The Morgan fingerprint density at radius 3 is 2.46 bits per heavy atom. The summed E-state index contributed by atoms with van der Waals surface area (Å²) in [5.41, 5.74) is 9.77.